The van der Waals surface area contributed by atoms with Gasteiger partial charge in [0.15, 0.2) is 13.1 Å². The number of nitrogens with one attached hydrogen (secondary N) is 2. The molecular formula is C19H22FN4O2S+. The molecule has 142 valence electrons. The van der Waals surface area contributed by atoms with Crippen molar-refractivity contribution >= 4 is 22.9 Å². The lowest BCUT2D eigenvalue weighted by atomic mass is 10.2. The lowest BCUT2D eigenvalue weighted by molar-refractivity contribution is -0.907. The highest BCUT2D eigenvalue weighted by Crippen LogP contribution is 2.22. The summed E-state index contributed by atoms with van der Waals surface area (Å²) in [6.45, 7) is 5.22. The van der Waals surface area contributed by atoms with Crippen LogP contribution in [0, 0.1) is 12.7 Å². The fraction of sp³-hybridized carbons (Fsp3) is 0.316. The number of carbonyl (C=O) groups excluding carboxylic acids is 1. The lowest BCUT2D eigenvalue weighted by Crippen LogP contribution is -3.11. The number of rotatable bonds is 8. The van der Waals surface area contributed by atoms with Crippen LogP contribution in [-0.4, -0.2) is 29.2 Å². The van der Waals surface area contributed by atoms with Gasteiger partial charge in [0.05, 0.1) is 11.4 Å². The van der Waals surface area contributed by atoms with E-state index in [2.05, 4.69) is 22.4 Å². The van der Waals surface area contributed by atoms with Gasteiger partial charge in [0.25, 0.3) is 17.7 Å². The molecule has 1 atom stereocenters. The van der Waals surface area contributed by atoms with E-state index in [1.165, 1.54) is 17.4 Å². The van der Waals surface area contributed by atoms with Gasteiger partial charge in [-0.2, -0.15) is 0 Å². The molecule has 1 unspecified atom stereocenters. The zero-order chi connectivity index (χ0) is 19.2. The van der Waals surface area contributed by atoms with Crippen LogP contribution < -0.4 is 10.2 Å². The summed E-state index contributed by atoms with van der Waals surface area (Å²) in [4.78, 5) is 14.3. The third-order valence-electron chi connectivity index (χ3n) is 4.07. The van der Waals surface area contributed by atoms with Crippen molar-refractivity contribution in [3.8, 4) is 10.8 Å². The molecule has 27 heavy (non-hydrogen) atoms. The minimum atomic E-state index is -0.336. The number of quaternary nitrogens is 1. The fourth-order valence-electron chi connectivity index (χ4n) is 2.73. The predicted molar refractivity (Wildman–Crippen MR) is 102 cm³/mol. The Balaban J connectivity index is 1.61. The van der Waals surface area contributed by atoms with Crippen LogP contribution in [-0.2, 0) is 11.3 Å². The molecule has 0 aliphatic rings. The van der Waals surface area contributed by atoms with Crippen LogP contribution in [0.2, 0.25) is 0 Å². The van der Waals surface area contributed by atoms with Crippen molar-refractivity contribution in [3.05, 3.63) is 53.0 Å². The normalized spacial score (nSPS) is 12.1. The summed E-state index contributed by atoms with van der Waals surface area (Å²) < 4.78 is 19.4. The zero-order valence-electron chi connectivity index (χ0n) is 15.3. The second kappa shape index (κ2) is 8.88. The maximum atomic E-state index is 13.6. The van der Waals surface area contributed by atoms with E-state index in [0.717, 1.165) is 22.7 Å². The predicted octanol–water partition coefficient (Wildman–Crippen LogP) is 2.68. The molecule has 0 spiro atoms. The van der Waals surface area contributed by atoms with Crippen molar-refractivity contribution in [1.82, 2.24) is 10.2 Å². The molecule has 8 heteroatoms. The SMILES string of the molecule is CCC[NH+](CC(=O)Nc1ccc(C)c(F)c1)Cc1nnc(-c2cccs2)o1. The summed E-state index contributed by atoms with van der Waals surface area (Å²) in [6, 6.07) is 8.52. The number of hydrogen-bond donors (Lipinski definition) is 2. The van der Waals surface area contributed by atoms with Crippen LogP contribution in [0.15, 0.2) is 40.1 Å². The Bertz CT molecular complexity index is 895. The Kier molecular flexibility index (Phi) is 6.31. The van der Waals surface area contributed by atoms with Gasteiger partial charge in [-0.05, 0) is 42.5 Å². The Morgan fingerprint density at radius 1 is 1.33 bits per heavy atom. The second-order valence-corrected chi connectivity index (χ2v) is 7.29. The van der Waals surface area contributed by atoms with Crippen molar-refractivity contribution in [3.63, 3.8) is 0 Å². The molecule has 0 saturated heterocycles. The van der Waals surface area contributed by atoms with Crippen molar-refractivity contribution in [2.45, 2.75) is 26.8 Å². The van der Waals surface area contributed by atoms with Crippen molar-refractivity contribution in [1.29, 1.82) is 0 Å². The maximum Gasteiger partial charge on any atom is 0.279 e. The molecule has 0 radical (unpaired) electrons. The van der Waals surface area contributed by atoms with Crippen LogP contribution in [0.25, 0.3) is 10.8 Å². The molecule has 0 saturated carbocycles. The molecule has 3 aromatic rings. The minimum absolute atomic E-state index is 0.181. The number of aromatic nitrogens is 2. The molecule has 0 bridgehead atoms. The molecule has 3 rings (SSSR count). The number of thiophene rings is 1. The molecule has 2 N–H and O–H groups in total. The van der Waals surface area contributed by atoms with Gasteiger partial charge in [-0.1, -0.05) is 19.1 Å². The van der Waals surface area contributed by atoms with E-state index in [9.17, 15) is 9.18 Å². The fourth-order valence-corrected chi connectivity index (χ4v) is 3.38. The first-order valence-corrected chi connectivity index (χ1v) is 9.69. The zero-order valence-corrected chi connectivity index (χ0v) is 16.1. The smallest absolute Gasteiger partial charge is 0.279 e. The lowest BCUT2D eigenvalue weighted by Gasteiger charge is -2.16. The summed E-state index contributed by atoms with van der Waals surface area (Å²) in [5.41, 5.74) is 1.00. The van der Waals surface area contributed by atoms with Gasteiger partial charge in [0.1, 0.15) is 5.82 Å². The maximum absolute atomic E-state index is 13.6. The number of amides is 1. The van der Waals surface area contributed by atoms with Crippen LogP contribution in [0.1, 0.15) is 24.8 Å². The first-order chi connectivity index (χ1) is 13.0. The molecule has 0 aliphatic carbocycles. The summed E-state index contributed by atoms with van der Waals surface area (Å²) >= 11 is 1.53. The molecule has 6 nitrogen and oxygen atoms in total. The van der Waals surface area contributed by atoms with Crippen molar-refractivity contribution in [2.75, 3.05) is 18.4 Å². The van der Waals surface area contributed by atoms with E-state index in [4.69, 9.17) is 4.42 Å². The molecule has 1 aromatic carbocycles. The van der Waals surface area contributed by atoms with Gasteiger partial charge < -0.3 is 14.6 Å². The number of hydrogen-bond acceptors (Lipinski definition) is 5. The van der Waals surface area contributed by atoms with Crippen LogP contribution in [0.3, 0.4) is 0 Å². The summed E-state index contributed by atoms with van der Waals surface area (Å²) in [6.07, 6.45) is 0.910. The first kappa shape index (κ1) is 19.2. The Morgan fingerprint density at radius 3 is 2.89 bits per heavy atom. The summed E-state index contributed by atoms with van der Waals surface area (Å²) in [5, 5.41) is 12.9. The molecular weight excluding hydrogens is 367 g/mol. The van der Waals surface area contributed by atoms with Crippen LogP contribution in [0.4, 0.5) is 10.1 Å². The van der Waals surface area contributed by atoms with Gasteiger partial charge in [-0.3, -0.25) is 4.79 Å². The highest BCUT2D eigenvalue weighted by molar-refractivity contribution is 7.13. The number of halogens is 1. The van der Waals surface area contributed by atoms with Crippen LogP contribution >= 0.6 is 11.3 Å². The van der Waals surface area contributed by atoms with Gasteiger partial charge in [0, 0.05) is 5.69 Å². The van der Waals surface area contributed by atoms with Gasteiger partial charge in [0.2, 0.25) is 0 Å². The molecule has 1 amide bonds. The highest BCUT2D eigenvalue weighted by Gasteiger charge is 2.19. The largest absolute Gasteiger partial charge is 0.414 e. The number of carbonyl (C=O) groups is 1. The van der Waals surface area contributed by atoms with Gasteiger partial charge in [-0.15, -0.1) is 21.5 Å². The van der Waals surface area contributed by atoms with Crippen molar-refractivity contribution < 1.29 is 18.5 Å². The first-order valence-electron chi connectivity index (χ1n) is 8.81. The molecule has 2 heterocycles. The van der Waals surface area contributed by atoms with Gasteiger partial charge >= 0.3 is 0 Å². The Morgan fingerprint density at radius 2 is 2.19 bits per heavy atom. The average Bonchev–Trinajstić information content (AvgIpc) is 3.29. The standard InChI is InChI=1S/C19H21FN4O2S/c1-3-8-24(11-17(25)21-14-7-6-13(2)15(20)10-14)12-18-22-23-19(26-18)16-5-4-9-27-16/h4-7,9-10H,3,8,11-12H2,1-2H3,(H,21,25)/p+1. The third-order valence-corrected chi connectivity index (χ3v) is 4.93. The molecule has 2 aromatic heterocycles. The third kappa shape index (κ3) is 5.21. The quantitative estimate of drug-likeness (QED) is 0.621. The monoisotopic (exact) mass is 389 g/mol. The van der Waals surface area contributed by atoms with E-state index in [1.807, 2.05) is 17.5 Å². The highest BCUT2D eigenvalue weighted by atomic mass is 32.1. The van der Waals surface area contributed by atoms with E-state index in [0.29, 0.717) is 29.6 Å². The molecule has 0 aliphatic heterocycles. The van der Waals surface area contributed by atoms with Crippen LogP contribution in [0.5, 0.6) is 0 Å². The van der Waals surface area contributed by atoms with E-state index in [1.54, 1.807) is 19.1 Å². The van der Waals surface area contributed by atoms with Gasteiger partial charge in [-0.25, -0.2) is 4.39 Å². The Hall–Kier alpha value is -2.58. The number of nitrogens with zero attached hydrogens (tertiary/aromatic N) is 2. The number of benzene rings is 1. The van der Waals surface area contributed by atoms with Crippen molar-refractivity contribution in [2.24, 2.45) is 0 Å². The van der Waals surface area contributed by atoms with E-state index >= 15 is 0 Å². The second-order valence-electron chi connectivity index (χ2n) is 6.34. The summed E-state index contributed by atoms with van der Waals surface area (Å²) in [7, 11) is 0. The average molecular weight is 389 g/mol. The number of aryl methyl sites for hydroxylation is 1. The topological polar surface area (TPSA) is 72.5 Å². The minimum Gasteiger partial charge on any atom is -0.414 e. The Labute approximate surface area is 161 Å². The van der Waals surface area contributed by atoms with E-state index in [-0.39, 0.29) is 18.3 Å². The van der Waals surface area contributed by atoms with E-state index < -0.39 is 0 Å². The summed E-state index contributed by atoms with van der Waals surface area (Å²) in [5.74, 6) is 0.476. The number of anilines is 1. The molecule has 0 fully saturated rings.